The molecule has 0 bridgehead atoms. The quantitative estimate of drug-likeness (QED) is 0.686. The molecule has 0 spiro atoms. The van der Waals surface area contributed by atoms with Crippen LogP contribution in [-0.2, 0) is 0 Å². The van der Waals surface area contributed by atoms with Crippen LogP contribution in [0.4, 0.5) is 0 Å². The number of ketones is 1. The normalized spacial score (nSPS) is 9.69. The second kappa shape index (κ2) is 4.62. The first-order valence-corrected chi connectivity index (χ1v) is 4.33. The molecule has 0 amide bonds. The Labute approximate surface area is 77.5 Å². The lowest BCUT2D eigenvalue weighted by molar-refractivity contribution is -0.349. The van der Waals surface area contributed by atoms with Crippen molar-refractivity contribution in [3.05, 3.63) is 29.8 Å². The molecule has 3 N–H and O–H groups in total. The van der Waals surface area contributed by atoms with E-state index in [1.807, 2.05) is 6.92 Å². The highest BCUT2D eigenvalue weighted by Crippen LogP contribution is 2.11. The lowest BCUT2D eigenvalue weighted by Gasteiger charge is -2.02. The van der Waals surface area contributed by atoms with Gasteiger partial charge in [-0.05, 0) is 31.2 Å². The molecule has 0 aliphatic heterocycles. The number of carbonyl (C=O) groups is 1. The number of ether oxygens (including phenoxy) is 1. The van der Waals surface area contributed by atoms with Crippen LogP contribution in [0.1, 0.15) is 17.3 Å². The maximum Gasteiger partial charge on any atom is 0.216 e. The Hall–Kier alpha value is -1.35. The van der Waals surface area contributed by atoms with Gasteiger partial charge in [-0.1, -0.05) is 0 Å². The van der Waals surface area contributed by atoms with Crippen molar-refractivity contribution in [1.82, 2.24) is 0 Å². The van der Waals surface area contributed by atoms with Crippen LogP contribution in [0.3, 0.4) is 0 Å². The molecular formula is C10H14NO2+. The smallest absolute Gasteiger partial charge is 0.216 e. The first-order chi connectivity index (χ1) is 6.27. The molecule has 0 radical (unpaired) electrons. The summed E-state index contributed by atoms with van der Waals surface area (Å²) < 4.78 is 5.25. The molecule has 0 fully saturated rings. The predicted octanol–water partition coefficient (Wildman–Crippen LogP) is 0.510. The highest BCUT2D eigenvalue weighted by atomic mass is 16.5. The van der Waals surface area contributed by atoms with Crippen molar-refractivity contribution in [3.63, 3.8) is 0 Å². The third-order valence-electron chi connectivity index (χ3n) is 1.71. The molecule has 0 unspecified atom stereocenters. The Kier molecular flexibility index (Phi) is 3.46. The van der Waals surface area contributed by atoms with Crippen molar-refractivity contribution < 1.29 is 15.3 Å². The van der Waals surface area contributed by atoms with Crippen molar-refractivity contribution in [2.24, 2.45) is 0 Å². The molecule has 1 rings (SSSR count). The number of carbonyl (C=O) groups excluding carboxylic acids is 1. The minimum Gasteiger partial charge on any atom is -0.494 e. The summed E-state index contributed by atoms with van der Waals surface area (Å²) in [6, 6.07) is 7.12. The van der Waals surface area contributed by atoms with Gasteiger partial charge in [0.25, 0.3) is 0 Å². The molecule has 0 atom stereocenters. The summed E-state index contributed by atoms with van der Waals surface area (Å²) in [7, 11) is 0. The first kappa shape index (κ1) is 9.74. The molecule has 0 aromatic heterocycles. The van der Waals surface area contributed by atoms with Crippen molar-refractivity contribution in [1.29, 1.82) is 0 Å². The number of rotatable bonds is 4. The van der Waals surface area contributed by atoms with Gasteiger partial charge in [-0.15, -0.1) is 0 Å². The topological polar surface area (TPSA) is 53.9 Å². The van der Waals surface area contributed by atoms with Crippen LogP contribution in [0, 0.1) is 0 Å². The molecular weight excluding hydrogens is 166 g/mol. The summed E-state index contributed by atoms with van der Waals surface area (Å²) in [4.78, 5) is 11.2. The fourth-order valence-electron chi connectivity index (χ4n) is 1.05. The molecule has 0 aliphatic rings. The number of hydrogen-bond donors (Lipinski definition) is 1. The lowest BCUT2D eigenvalue weighted by Crippen LogP contribution is -2.54. The van der Waals surface area contributed by atoms with E-state index in [1.165, 1.54) is 0 Å². The van der Waals surface area contributed by atoms with Gasteiger partial charge in [-0.25, -0.2) is 0 Å². The monoisotopic (exact) mass is 180 g/mol. The van der Waals surface area contributed by atoms with Gasteiger partial charge in [0.05, 0.1) is 6.61 Å². The fourth-order valence-corrected chi connectivity index (χ4v) is 1.05. The zero-order valence-corrected chi connectivity index (χ0v) is 7.75. The Balaban J connectivity index is 2.75. The highest BCUT2D eigenvalue weighted by Gasteiger charge is 2.04. The molecule has 0 saturated heterocycles. The van der Waals surface area contributed by atoms with E-state index < -0.39 is 0 Å². The Bertz CT molecular complexity index is 279. The molecule has 13 heavy (non-hydrogen) atoms. The van der Waals surface area contributed by atoms with Gasteiger partial charge >= 0.3 is 0 Å². The van der Waals surface area contributed by atoms with Crippen LogP contribution in [0.2, 0.25) is 0 Å². The number of benzene rings is 1. The van der Waals surface area contributed by atoms with E-state index in [4.69, 9.17) is 4.74 Å². The molecule has 1 aromatic carbocycles. The molecule has 3 heteroatoms. The maximum absolute atomic E-state index is 11.2. The average Bonchev–Trinajstić information content (AvgIpc) is 2.18. The van der Waals surface area contributed by atoms with Crippen LogP contribution in [0.5, 0.6) is 5.75 Å². The van der Waals surface area contributed by atoms with Crippen LogP contribution >= 0.6 is 0 Å². The summed E-state index contributed by atoms with van der Waals surface area (Å²) in [6.45, 7) is 2.87. The number of Topliss-reactive ketones (excluding diaryl/α,β-unsaturated/α-hetero) is 1. The van der Waals surface area contributed by atoms with E-state index in [9.17, 15) is 4.79 Å². The maximum atomic E-state index is 11.2. The number of quaternary nitrogens is 1. The lowest BCUT2D eigenvalue weighted by atomic mass is 10.1. The summed E-state index contributed by atoms with van der Waals surface area (Å²) in [5.74, 6) is 0.853. The summed E-state index contributed by atoms with van der Waals surface area (Å²) >= 11 is 0. The molecule has 0 heterocycles. The third-order valence-corrected chi connectivity index (χ3v) is 1.71. The van der Waals surface area contributed by atoms with Crippen molar-refractivity contribution in [2.75, 3.05) is 13.2 Å². The summed E-state index contributed by atoms with van der Waals surface area (Å²) in [6.07, 6.45) is 0. The van der Waals surface area contributed by atoms with E-state index in [0.717, 1.165) is 5.75 Å². The molecule has 1 aromatic rings. The Morgan fingerprint density at radius 2 is 2.00 bits per heavy atom. The van der Waals surface area contributed by atoms with E-state index in [-0.39, 0.29) is 5.78 Å². The third kappa shape index (κ3) is 2.56. The first-order valence-electron chi connectivity index (χ1n) is 4.33. The van der Waals surface area contributed by atoms with Crippen LogP contribution in [-0.4, -0.2) is 18.9 Å². The van der Waals surface area contributed by atoms with Gasteiger partial charge in [0.15, 0.2) is 0 Å². The zero-order chi connectivity index (χ0) is 9.68. The summed E-state index contributed by atoms with van der Waals surface area (Å²) in [5, 5.41) is 0. The largest absolute Gasteiger partial charge is 0.494 e. The molecule has 0 aliphatic carbocycles. The standard InChI is InChI=1S/C10H13NO2/c1-2-13-9-5-3-8(4-6-9)10(12)7-11/h3-6H,2,7,11H2,1H3/p+1. The minimum atomic E-state index is 0.0584. The Morgan fingerprint density at radius 1 is 1.38 bits per heavy atom. The van der Waals surface area contributed by atoms with Gasteiger partial charge in [0.1, 0.15) is 12.3 Å². The van der Waals surface area contributed by atoms with Gasteiger partial charge in [0, 0.05) is 5.56 Å². The van der Waals surface area contributed by atoms with Crippen molar-refractivity contribution in [3.8, 4) is 5.75 Å². The second-order valence-electron chi connectivity index (χ2n) is 2.63. The van der Waals surface area contributed by atoms with Crippen LogP contribution in [0.25, 0.3) is 0 Å². The van der Waals surface area contributed by atoms with Gasteiger partial charge in [0.2, 0.25) is 5.78 Å². The highest BCUT2D eigenvalue weighted by molar-refractivity contribution is 5.96. The van der Waals surface area contributed by atoms with E-state index >= 15 is 0 Å². The van der Waals surface area contributed by atoms with E-state index in [1.54, 1.807) is 24.3 Å². The van der Waals surface area contributed by atoms with Crippen LogP contribution in [0.15, 0.2) is 24.3 Å². The molecule has 3 nitrogen and oxygen atoms in total. The average molecular weight is 180 g/mol. The molecule has 0 saturated carbocycles. The van der Waals surface area contributed by atoms with Gasteiger partial charge in [-0.3, -0.25) is 4.79 Å². The minimum absolute atomic E-state index is 0.0584. The molecule has 70 valence electrons. The van der Waals surface area contributed by atoms with E-state index in [0.29, 0.717) is 18.7 Å². The predicted molar refractivity (Wildman–Crippen MR) is 49.7 cm³/mol. The van der Waals surface area contributed by atoms with Crippen molar-refractivity contribution in [2.45, 2.75) is 6.92 Å². The number of hydrogen-bond acceptors (Lipinski definition) is 2. The van der Waals surface area contributed by atoms with Gasteiger partial charge < -0.3 is 10.5 Å². The van der Waals surface area contributed by atoms with Crippen molar-refractivity contribution >= 4 is 5.78 Å². The fraction of sp³-hybridized carbons (Fsp3) is 0.300. The van der Waals surface area contributed by atoms with Gasteiger partial charge in [-0.2, -0.15) is 0 Å². The van der Waals surface area contributed by atoms with Crippen LogP contribution < -0.4 is 10.5 Å². The second-order valence-corrected chi connectivity index (χ2v) is 2.63. The summed E-state index contributed by atoms with van der Waals surface area (Å²) in [5.41, 5.74) is 4.23. The van der Waals surface area contributed by atoms with E-state index in [2.05, 4.69) is 5.73 Å². The SMILES string of the molecule is CCOc1ccc(C(=O)C[NH3+])cc1. The zero-order valence-electron chi connectivity index (χ0n) is 7.75. The Morgan fingerprint density at radius 3 is 2.46 bits per heavy atom.